The number of aromatic nitrogens is 2. The quantitative estimate of drug-likeness (QED) is 0.933. The fourth-order valence-corrected chi connectivity index (χ4v) is 2.01. The van der Waals surface area contributed by atoms with E-state index in [1.165, 1.54) is 12.1 Å². The molecule has 0 aliphatic rings. The lowest BCUT2D eigenvalue weighted by atomic mass is 10.0. The average Bonchev–Trinajstić information content (AvgIpc) is 2.42. The van der Waals surface area contributed by atoms with Crippen molar-refractivity contribution < 1.29 is 4.39 Å². The van der Waals surface area contributed by atoms with Gasteiger partial charge in [-0.2, -0.15) is 5.26 Å². The van der Waals surface area contributed by atoms with Gasteiger partial charge in [0.15, 0.2) is 0 Å². The largest absolute Gasteiger partial charge is 0.310 e. The molecule has 0 bridgehead atoms. The Morgan fingerprint density at radius 1 is 1.40 bits per heavy atom. The zero-order valence-corrected chi connectivity index (χ0v) is 11.3. The molecular formula is C15H14FN3O. The molecular weight excluding hydrogens is 257 g/mol. The van der Waals surface area contributed by atoms with Crippen molar-refractivity contribution in [3.63, 3.8) is 0 Å². The summed E-state index contributed by atoms with van der Waals surface area (Å²) >= 11 is 0. The lowest BCUT2D eigenvalue weighted by Gasteiger charge is -2.08. The summed E-state index contributed by atoms with van der Waals surface area (Å²) in [6.07, 6.45) is 1.49. The van der Waals surface area contributed by atoms with Gasteiger partial charge in [0.2, 0.25) is 0 Å². The molecule has 0 spiro atoms. The first-order valence-electron chi connectivity index (χ1n) is 6.36. The number of aryl methyl sites for hydroxylation is 1. The standard InChI is InChI=1S/C15H14FN3O/c1-3-4-13-18-14(9(2)15(20)19-13)11-5-10(8-17)6-12(16)7-11/h5-7H,3-4H2,1-2H3,(H,18,19,20). The molecule has 0 amide bonds. The number of H-pyrrole nitrogens is 1. The second kappa shape index (κ2) is 5.66. The van der Waals surface area contributed by atoms with E-state index in [0.29, 0.717) is 29.1 Å². The van der Waals surface area contributed by atoms with Gasteiger partial charge in [0.1, 0.15) is 11.6 Å². The van der Waals surface area contributed by atoms with Crippen LogP contribution in [0.25, 0.3) is 11.3 Å². The van der Waals surface area contributed by atoms with Crippen LogP contribution in [-0.4, -0.2) is 9.97 Å². The molecule has 0 radical (unpaired) electrons. The molecule has 2 aromatic rings. The molecule has 0 saturated carbocycles. The summed E-state index contributed by atoms with van der Waals surface area (Å²) in [4.78, 5) is 19.0. The van der Waals surface area contributed by atoms with Crippen LogP contribution in [0.4, 0.5) is 4.39 Å². The molecule has 102 valence electrons. The number of hydrogen-bond acceptors (Lipinski definition) is 3. The summed E-state index contributed by atoms with van der Waals surface area (Å²) in [5, 5.41) is 8.89. The Kier molecular flexibility index (Phi) is 3.94. The van der Waals surface area contributed by atoms with E-state index in [2.05, 4.69) is 9.97 Å². The molecule has 4 nitrogen and oxygen atoms in total. The number of rotatable bonds is 3. The van der Waals surface area contributed by atoms with Crippen LogP contribution in [0.5, 0.6) is 0 Å². The van der Waals surface area contributed by atoms with Gasteiger partial charge < -0.3 is 4.98 Å². The van der Waals surface area contributed by atoms with E-state index in [-0.39, 0.29) is 11.1 Å². The minimum atomic E-state index is -0.516. The van der Waals surface area contributed by atoms with Crippen molar-refractivity contribution in [1.29, 1.82) is 5.26 Å². The maximum atomic E-state index is 13.5. The third-order valence-electron chi connectivity index (χ3n) is 2.99. The molecule has 0 aliphatic carbocycles. The van der Waals surface area contributed by atoms with Crippen molar-refractivity contribution in [2.75, 3.05) is 0 Å². The summed E-state index contributed by atoms with van der Waals surface area (Å²) in [6, 6.07) is 5.87. The minimum Gasteiger partial charge on any atom is -0.310 e. The number of aromatic amines is 1. The highest BCUT2D eigenvalue weighted by atomic mass is 19.1. The minimum absolute atomic E-state index is 0.207. The second-order valence-corrected chi connectivity index (χ2v) is 4.58. The van der Waals surface area contributed by atoms with Gasteiger partial charge in [-0.1, -0.05) is 6.92 Å². The predicted molar refractivity (Wildman–Crippen MR) is 73.7 cm³/mol. The van der Waals surface area contributed by atoms with Crippen molar-refractivity contribution in [1.82, 2.24) is 9.97 Å². The van der Waals surface area contributed by atoms with E-state index >= 15 is 0 Å². The molecule has 2 rings (SSSR count). The van der Waals surface area contributed by atoms with Gasteiger partial charge >= 0.3 is 0 Å². The zero-order valence-electron chi connectivity index (χ0n) is 11.3. The number of nitrogens with zero attached hydrogens (tertiary/aromatic N) is 2. The van der Waals surface area contributed by atoms with Gasteiger partial charge in [-0.05, 0) is 31.5 Å². The van der Waals surface area contributed by atoms with Crippen molar-refractivity contribution in [2.45, 2.75) is 26.7 Å². The van der Waals surface area contributed by atoms with Gasteiger partial charge in [-0.3, -0.25) is 4.79 Å². The number of nitriles is 1. The lowest BCUT2D eigenvalue weighted by Crippen LogP contribution is -2.16. The lowest BCUT2D eigenvalue weighted by molar-refractivity contribution is 0.627. The Hall–Kier alpha value is -2.48. The Labute approximate surface area is 115 Å². The zero-order chi connectivity index (χ0) is 14.7. The van der Waals surface area contributed by atoms with Gasteiger partial charge in [0.05, 0.1) is 17.3 Å². The van der Waals surface area contributed by atoms with E-state index in [9.17, 15) is 9.18 Å². The SMILES string of the molecule is CCCc1nc(-c2cc(F)cc(C#N)c2)c(C)c(=O)[nH]1. The summed E-state index contributed by atoms with van der Waals surface area (Å²) in [7, 11) is 0. The highest BCUT2D eigenvalue weighted by molar-refractivity contribution is 5.64. The smallest absolute Gasteiger partial charge is 0.254 e. The Morgan fingerprint density at radius 2 is 2.15 bits per heavy atom. The molecule has 1 aromatic carbocycles. The molecule has 0 fully saturated rings. The molecule has 20 heavy (non-hydrogen) atoms. The normalized spacial score (nSPS) is 10.3. The first kappa shape index (κ1) is 13.9. The Balaban J connectivity index is 2.66. The van der Waals surface area contributed by atoms with Crippen molar-refractivity contribution >= 4 is 0 Å². The van der Waals surface area contributed by atoms with Crippen molar-refractivity contribution in [2.24, 2.45) is 0 Å². The topological polar surface area (TPSA) is 69.5 Å². The highest BCUT2D eigenvalue weighted by Gasteiger charge is 2.11. The maximum absolute atomic E-state index is 13.5. The molecule has 1 aromatic heterocycles. The third kappa shape index (κ3) is 2.75. The van der Waals surface area contributed by atoms with Gasteiger partial charge in [-0.25, -0.2) is 9.37 Å². The average molecular weight is 271 g/mol. The summed E-state index contributed by atoms with van der Waals surface area (Å²) in [5.41, 5.74) is 1.26. The monoisotopic (exact) mass is 271 g/mol. The van der Waals surface area contributed by atoms with Gasteiger partial charge in [0, 0.05) is 17.5 Å². The van der Waals surface area contributed by atoms with E-state index in [1.54, 1.807) is 6.92 Å². The van der Waals surface area contributed by atoms with Gasteiger partial charge in [0.25, 0.3) is 5.56 Å². The van der Waals surface area contributed by atoms with E-state index in [0.717, 1.165) is 12.5 Å². The van der Waals surface area contributed by atoms with E-state index in [4.69, 9.17) is 5.26 Å². The molecule has 5 heteroatoms. The van der Waals surface area contributed by atoms with Crippen LogP contribution in [0.2, 0.25) is 0 Å². The predicted octanol–water partition coefficient (Wildman–Crippen LogP) is 2.71. The van der Waals surface area contributed by atoms with Crippen LogP contribution in [-0.2, 0) is 6.42 Å². The van der Waals surface area contributed by atoms with Crippen LogP contribution < -0.4 is 5.56 Å². The van der Waals surface area contributed by atoms with E-state index < -0.39 is 5.82 Å². The number of benzene rings is 1. The fourth-order valence-electron chi connectivity index (χ4n) is 2.01. The van der Waals surface area contributed by atoms with Crippen LogP contribution >= 0.6 is 0 Å². The summed E-state index contributed by atoms with van der Waals surface area (Å²) in [6.45, 7) is 3.61. The highest BCUT2D eigenvalue weighted by Crippen LogP contribution is 2.21. The third-order valence-corrected chi connectivity index (χ3v) is 2.99. The fraction of sp³-hybridized carbons (Fsp3) is 0.267. The van der Waals surface area contributed by atoms with Crippen LogP contribution in [0.1, 0.15) is 30.3 Å². The Morgan fingerprint density at radius 3 is 2.80 bits per heavy atom. The number of nitrogens with one attached hydrogen (secondary N) is 1. The first-order chi connectivity index (χ1) is 9.55. The molecule has 0 unspecified atom stereocenters. The number of hydrogen-bond donors (Lipinski definition) is 1. The van der Waals surface area contributed by atoms with Crippen molar-refractivity contribution in [3.8, 4) is 17.3 Å². The van der Waals surface area contributed by atoms with Crippen LogP contribution in [0.3, 0.4) is 0 Å². The molecule has 0 atom stereocenters. The molecule has 0 saturated heterocycles. The second-order valence-electron chi connectivity index (χ2n) is 4.58. The first-order valence-corrected chi connectivity index (χ1v) is 6.36. The van der Waals surface area contributed by atoms with Crippen LogP contribution in [0.15, 0.2) is 23.0 Å². The van der Waals surface area contributed by atoms with Crippen molar-refractivity contribution in [3.05, 3.63) is 51.3 Å². The van der Waals surface area contributed by atoms with Crippen LogP contribution in [0, 0.1) is 24.1 Å². The summed E-state index contributed by atoms with van der Waals surface area (Å²) in [5.74, 6) is 0.0541. The maximum Gasteiger partial charge on any atom is 0.254 e. The summed E-state index contributed by atoms with van der Waals surface area (Å²) < 4.78 is 13.5. The van der Waals surface area contributed by atoms with E-state index in [1.807, 2.05) is 13.0 Å². The Bertz CT molecular complexity index is 744. The molecule has 1 N–H and O–H groups in total. The number of halogens is 1. The molecule has 0 aliphatic heterocycles. The van der Waals surface area contributed by atoms with Gasteiger partial charge in [-0.15, -0.1) is 0 Å². The molecule has 1 heterocycles.